The summed E-state index contributed by atoms with van der Waals surface area (Å²) >= 11 is 0. The Balaban J connectivity index is 1.61. The van der Waals surface area contributed by atoms with Gasteiger partial charge in [-0.15, -0.1) is 0 Å². The number of hydrogen-bond donors (Lipinski definition) is 1. The molecular formula is C15H21N5O2S. The van der Waals surface area contributed by atoms with Gasteiger partial charge in [-0.2, -0.15) is 22.5 Å². The molecule has 7 nitrogen and oxygen atoms in total. The zero-order chi connectivity index (χ0) is 16.3. The number of rotatable bonds is 5. The molecular weight excluding hydrogens is 314 g/mol. The summed E-state index contributed by atoms with van der Waals surface area (Å²) < 4.78 is 30.6. The summed E-state index contributed by atoms with van der Waals surface area (Å²) in [7, 11) is -3.41. The first-order chi connectivity index (χ1) is 11.0. The number of nitrogens with one attached hydrogen (secondary N) is 1. The molecule has 1 unspecified atom stereocenters. The van der Waals surface area contributed by atoms with E-state index in [0.29, 0.717) is 19.0 Å². The van der Waals surface area contributed by atoms with E-state index >= 15 is 0 Å². The maximum Gasteiger partial charge on any atom is 0.279 e. The molecule has 1 saturated heterocycles. The fraction of sp³-hybridized carbons (Fsp3) is 0.467. The molecule has 0 radical (unpaired) electrons. The first kappa shape index (κ1) is 16.1. The minimum absolute atomic E-state index is 0.283. The second-order valence-electron chi connectivity index (χ2n) is 5.94. The molecule has 0 bridgehead atoms. The highest BCUT2D eigenvalue weighted by Gasteiger charge is 2.26. The van der Waals surface area contributed by atoms with Crippen molar-refractivity contribution >= 4 is 10.2 Å². The van der Waals surface area contributed by atoms with Crippen LogP contribution in [0.2, 0.25) is 0 Å². The summed E-state index contributed by atoms with van der Waals surface area (Å²) in [5, 5.41) is 4.06. The van der Waals surface area contributed by atoms with Gasteiger partial charge in [-0.05, 0) is 36.5 Å². The summed E-state index contributed by atoms with van der Waals surface area (Å²) in [6, 6.07) is 7.55. The summed E-state index contributed by atoms with van der Waals surface area (Å²) in [6.07, 6.45) is 5.11. The Hall–Kier alpha value is -1.77. The third kappa shape index (κ3) is 3.95. The lowest BCUT2D eigenvalue weighted by atomic mass is 10.0. The van der Waals surface area contributed by atoms with Crippen LogP contribution in [0.5, 0.6) is 0 Å². The number of hydrogen-bond acceptors (Lipinski definition) is 4. The van der Waals surface area contributed by atoms with Crippen LogP contribution in [-0.2, 0) is 16.8 Å². The van der Waals surface area contributed by atoms with E-state index in [0.717, 1.165) is 24.1 Å². The van der Waals surface area contributed by atoms with Gasteiger partial charge < -0.3 is 0 Å². The molecule has 1 N–H and O–H groups in total. The molecule has 23 heavy (non-hydrogen) atoms. The van der Waals surface area contributed by atoms with Gasteiger partial charge >= 0.3 is 0 Å². The molecule has 0 amide bonds. The van der Waals surface area contributed by atoms with E-state index in [9.17, 15) is 8.42 Å². The van der Waals surface area contributed by atoms with Crippen molar-refractivity contribution < 1.29 is 8.42 Å². The van der Waals surface area contributed by atoms with Gasteiger partial charge in [0.1, 0.15) is 12.7 Å². The van der Waals surface area contributed by atoms with Crippen LogP contribution in [0.4, 0.5) is 0 Å². The minimum Gasteiger partial charge on any atom is -0.223 e. The molecule has 8 heteroatoms. The molecule has 1 aromatic carbocycles. The Bertz CT molecular complexity index is 728. The second-order valence-corrected chi connectivity index (χ2v) is 7.69. The second kappa shape index (κ2) is 6.77. The van der Waals surface area contributed by atoms with Crippen molar-refractivity contribution in [3.63, 3.8) is 0 Å². The average Bonchev–Trinajstić information content (AvgIpc) is 3.08. The number of benzene rings is 1. The number of piperidine rings is 1. The predicted octanol–water partition coefficient (Wildman–Crippen LogP) is 1.33. The normalized spacial score (nSPS) is 19.8. The standard InChI is InChI=1S/C15H21N5O2S/c1-13-3-2-8-19(10-13)23(21,22)18-9-14-4-6-15(7-5-14)20-12-16-11-17-20/h4-7,11-13,18H,2-3,8-10H2,1H3. The van der Waals surface area contributed by atoms with Crippen LogP contribution >= 0.6 is 0 Å². The van der Waals surface area contributed by atoms with Gasteiger partial charge in [-0.25, -0.2) is 9.67 Å². The van der Waals surface area contributed by atoms with E-state index < -0.39 is 10.2 Å². The Morgan fingerprint density at radius 2 is 2.09 bits per heavy atom. The van der Waals surface area contributed by atoms with Gasteiger partial charge in [0.05, 0.1) is 5.69 Å². The van der Waals surface area contributed by atoms with Crippen molar-refractivity contribution in [3.05, 3.63) is 42.5 Å². The molecule has 1 atom stereocenters. The highest BCUT2D eigenvalue weighted by Crippen LogP contribution is 2.18. The van der Waals surface area contributed by atoms with E-state index in [1.54, 1.807) is 15.3 Å². The predicted molar refractivity (Wildman–Crippen MR) is 87.1 cm³/mol. The maximum atomic E-state index is 12.4. The number of nitrogens with zero attached hydrogens (tertiary/aromatic N) is 4. The van der Waals surface area contributed by atoms with Gasteiger partial charge in [-0.3, -0.25) is 0 Å². The molecule has 1 aliphatic heterocycles. The molecule has 2 aromatic rings. The summed E-state index contributed by atoms with van der Waals surface area (Å²) in [5.74, 6) is 0.419. The molecule has 1 aliphatic rings. The minimum atomic E-state index is -3.41. The number of aromatic nitrogens is 3. The lowest BCUT2D eigenvalue weighted by molar-refractivity contribution is 0.278. The van der Waals surface area contributed by atoms with E-state index in [2.05, 4.69) is 21.7 Å². The van der Waals surface area contributed by atoms with E-state index in [-0.39, 0.29) is 6.54 Å². The largest absolute Gasteiger partial charge is 0.279 e. The van der Waals surface area contributed by atoms with Crippen LogP contribution in [0, 0.1) is 5.92 Å². The lowest BCUT2D eigenvalue weighted by Gasteiger charge is -2.30. The highest BCUT2D eigenvalue weighted by atomic mass is 32.2. The summed E-state index contributed by atoms with van der Waals surface area (Å²) in [6.45, 7) is 3.57. The summed E-state index contributed by atoms with van der Waals surface area (Å²) in [5.41, 5.74) is 1.79. The van der Waals surface area contributed by atoms with E-state index in [4.69, 9.17) is 0 Å². The zero-order valence-electron chi connectivity index (χ0n) is 13.1. The zero-order valence-corrected chi connectivity index (χ0v) is 13.9. The first-order valence-corrected chi connectivity index (χ1v) is 9.17. The Kier molecular flexibility index (Phi) is 4.74. The van der Waals surface area contributed by atoms with Gasteiger partial charge in [0.15, 0.2) is 0 Å². The van der Waals surface area contributed by atoms with Crippen LogP contribution in [0.25, 0.3) is 5.69 Å². The molecule has 1 fully saturated rings. The Labute approximate surface area is 136 Å². The third-order valence-corrected chi connectivity index (χ3v) is 5.56. The first-order valence-electron chi connectivity index (χ1n) is 7.73. The SMILES string of the molecule is CC1CCCN(S(=O)(=O)NCc2ccc(-n3cncn3)cc2)C1. The fourth-order valence-electron chi connectivity index (χ4n) is 2.74. The van der Waals surface area contributed by atoms with Crippen molar-refractivity contribution in [1.29, 1.82) is 0 Å². The molecule has 3 rings (SSSR count). The van der Waals surface area contributed by atoms with E-state index in [1.807, 2.05) is 24.3 Å². The topological polar surface area (TPSA) is 80.1 Å². The Morgan fingerprint density at radius 3 is 2.74 bits per heavy atom. The smallest absolute Gasteiger partial charge is 0.223 e. The van der Waals surface area contributed by atoms with Crippen LogP contribution in [-0.4, -0.2) is 40.6 Å². The molecule has 2 heterocycles. The quantitative estimate of drug-likeness (QED) is 0.894. The highest BCUT2D eigenvalue weighted by molar-refractivity contribution is 7.87. The monoisotopic (exact) mass is 335 g/mol. The van der Waals surface area contributed by atoms with Crippen LogP contribution in [0.15, 0.2) is 36.9 Å². The molecule has 124 valence electrons. The van der Waals surface area contributed by atoms with Gasteiger partial charge in [0.2, 0.25) is 0 Å². The average molecular weight is 335 g/mol. The van der Waals surface area contributed by atoms with Gasteiger partial charge in [0, 0.05) is 19.6 Å². The lowest BCUT2D eigenvalue weighted by Crippen LogP contribution is -2.45. The van der Waals surface area contributed by atoms with Crippen LogP contribution < -0.4 is 4.72 Å². The molecule has 1 aromatic heterocycles. The van der Waals surface area contributed by atoms with Crippen LogP contribution in [0.3, 0.4) is 0 Å². The van der Waals surface area contributed by atoms with Crippen molar-refractivity contribution in [2.45, 2.75) is 26.3 Å². The van der Waals surface area contributed by atoms with Crippen LogP contribution in [0.1, 0.15) is 25.3 Å². The van der Waals surface area contributed by atoms with Gasteiger partial charge in [-0.1, -0.05) is 19.1 Å². The Morgan fingerprint density at radius 1 is 1.30 bits per heavy atom. The van der Waals surface area contributed by atoms with Crippen molar-refractivity contribution in [2.24, 2.45) is 5.92 Å². The van der Waals surface area contributed by atoms with Crippen molar-refractivity contribution in [2.75, 3.05) is 13.1 Å². The third-order valence-electron chi connectivity index (χ3n) is 4.04. The molecule has 0 spiro atoms. The maximum absolute atomic E-state index is 12.4. The van der Waals surface area contributed by atoms with Gasteiger partial charge in [0.25, 0.3) is 10.2 Å². The van der Waals surface area contributed by atoms with Crippen molar-refractivity contribution in [3.8, 4) is 5.69 Å². The molecule has 0 saturated carbocycles. The fourth-order valence-corrected chi connectivity index (χ4v) is 4.09. The van der Waals surface area contributed by atoms with E-state index in [1.165, 1.54) is 6.33 Å². The summed E-state index contributed by atoms with van der Waals surface area (Å²) in [4.78, 5) is 3.90. The van der Waals surface area contributed by atoms with Crippen molar-refractivity contribution in [1.82, 2.24) is 23.8 Å². The molecule has 0 aliphatic carbocycles.